The van der Waals surface area contributed by atoms with Gasteiger partial charge in [-0.25, -0.2) is 8.42 Å². The molecule has 0 aromatic carbocycles. The van der Waals surface area contributed by atoms with E-state index in [0.29, 0.717) is 26.0 Å². The molecule has 120 valence electrons. The molecule has 1 heterocycles. The second-order valence-electron chi connectivity index (χ2n) is 6.16. The third kappa shape index (κ3) is 2.59. The second kappa shape index (κ2) is 5.85. The lowest BCUT2D eigenvalue weighted by molar-refractivity contribution is -0.145. The van der Waals surface area contributed by atoms with Crippen LogP contribution in [0.1, 0.15) is 38.5 Å². The molecule has 4 unspecified atom stereocenters. The number of esters is 1. The second-order valence-corrected chi connectivity index (χ2v) is 8.27. The van der Waals surface area contributed by atoms with E-state index in [9.17, 15) is 13.2 Å². The molecule has 7 heteroatoms. The highest BCUT2D eigenvalue weighted by Crippen LogP contribution is 2.38. The van der Waals surface area contributed by atoms with Crippen LogP contribution in [0.4, 0.5) is 0 Å². The van der Waals surface area contributed by atoms with Gasteiger partial charge in [0, 0.05) is 6.54 Å². The number of nitrogens with zero attached hydrogens (tertiary/aromatic N) is 1. The molecule has 6 nitrogen and oxygen atoms in total. The Morgan fingerprint density at radius 1 is 1.19 bits per heavy atom. The van der Waals surface area contributed by atoms with Crippen LogP contribution in [0.25, 0.3) is 0 Å². The molecular formula is C14H23NO5S. The van der Waals surface area contributed by atoms with Gasteiger partial charge in [-0.2, -0.15) is 4.31 Å². The molecule has 3 rings (SSSR count). The van der Waals surface area contributed by atoms with E-state index in [2.05, 4.69) is 0 Å². The third-order valence-electron chi connectivity index (χ3n) is 5.10. The van der Waals surface area contributed by atoms with Gasteiger partial charge in [-0.15, -0.1) is 0 Å². The molecule has 1 saturated heterocycles. The Morgan fingerprint density at radius 3 is 2.71 bits per heavy atom. The Labute approximate surface area is 125 Å². The smallest absolute Gasteiger partial charge is 0.310 e. The molecule has 21 heavy (non-hydrogen) atoms. The van der Waals surface area contributed by atoms with Gasteiger partial charge in [0.05, 0.1) is 37.0 Å². The minimum Gasteiger partial charge on any atom is -0.469 e. The summed E-state index contributed by atoms with van der Waals surface area (Å²) in [6.45, 7) is 0.865. The van der Waals surface area contributed by atoms with Gasteiger partial charge < -0.3 is 9.47 Å². The molecule has 0 spiro atoms. The maximum atomic E-state index is 13.0. The topological polar surface area (TPSA) is 72.9 Å². The molecule has 0 aromatic heterocycles. The van der Waals surface area contributed by atoms with Crippen LogP contribution in [0, 0.1) is 5.92 Å². The number of carbonyl (C=O) groups excluding carboxylic acids is 1. The Kier molecular flexibility index (Phi) is 4.25. The largest absolute Gasteiger partial charge is 0.469 e. The maximum absolute atomic E-state index is 13.0. The molecule has 3 fully saturated rings. The monoisotopic (exact) mass is 317 g/mol. The van der Waals surface area contributed by atoms with Crippen molar-refractivity contribution in [2.24, 2.45) is 5.92 Å². The van der Waals surface area contributed by atoms with Gasteiger partial charge in [-0.05, 0) is 32.1 Å². The van der Waals surface area contributed by atoms with E-state index in [-0.39, 0.29) is 12.1 Å². The van der Waals surface area contributed by atoms with E-state index in [0.717, 1.165) is 25.7 Å². The van der Waals surface area contributed by atoms with Gasteiger partial charge in [0.25, 0.3) is 0 Å². The number of sulfonamides is 1. The zero-order valence-corrected chi connectivity index (χ0v) is 13.2. The highest BCUT2D eigenvalue weighted by molar-refractivity contribution is 7.89. The lowest BCUT2D eigenvalue weighted by Crippen LogP contribution is -2.54. The average molecular weight is 317 g/mol. The number of morpholine rings is 1. The standard InChI is InChI=1S/C14H23NO5S/c1-19-14(16)10-4-2-7-13(10)21(17,18)15-8-9-20-12-6-3-5-11(12)15/h10-13H,2-9H2,1H3. The summed E-state index contributed by atoms with van der Waals surface area (Å²) < 4.78 is 38.1. The number of hydrogen-bond acceptors (Lipinski definition) is 5. The average Bonchev–Trinajstić information content (AvgIpc) is 3.14. The van der Waals surface area contributed by atoms with Crippen LogP contribution in [0.5, 0.6) is 0 Å². The first-order chi connectivity index (χ1) is 10.1. The summed E-state index contributed by atoms with van der Waals surface area (Å²) in [6, 6.07) is -0.0392. The van der Waals surface area contributed by atoms with Crippen LogP contribution in [0.2, 0.25) is 0 Å². The Balaban J connectivity index is 1.84. The van der Waals surface area contributed by atoms with E-state index in [1.807, 2.05) is 0 Å². The van der Waals surface area contributed by atoms with Crippen molar-refractivity contribution in [1.82, 2.24) is 4.31 Å². The predicted molar refractivity (Wildman–Crippen MR) is 76.1 cm³/mol. The molecule has 0 radical (unpaired) electrons. The number of hydrogen-bond donors (Lipinski definition) is 0. The van der Waals surface area contributed by atoms with Crippen molar-refractivity contribution in [3.63, 3.8) is 0 Å². The molecule has 4 atom stereocenters. The van der Waals surface area contributed by atoms with Crippen molar-refractivity contribution < 1.29 is 22.7 Å². The zero-order chi connectivity index (χ0) is 15.0. The molecule has 0 amide bonds. The number of methoxy groups -OCH3 is 1. The molecular weight excluding hydrogens is 294 g/mol. The fraction of sp³-hybridized carbons (Fsp3) is 0.929. The molecule has 0 aromatic rings. The van der Waals surface area contributed by atoms with Crippen molar-refractivity contribution in [2.75, 3.05) is 20.3 Å². The quantitative estimate of drug-likeness (QED) is 0.724. The Hall–Kier alpha value is -0.660. The minimum absolute atomic E-state index is 0.0338. The fourth-order valence-corrected chi connectivity index (χ4v) is 6.51. The summed E-state index contributed by atoms with van der Waals surface area (Å²) >= 11 is 0. The molecule has 3 aliphatic rings. The van der Waals surface area contributed by atoms with Crippen molar-refractivity contribution >= 4 is 16.0 Å². The SMILES string of the molecule is COC(=O)C1CCCC1S(=O)(=O)N1CCOC2CCCC21. The van der Waals surface area contributed by atoms with Crippen molar-refractivity contribution in [2.45, 2.75) is 55.9 Å². The Morgan fingerprint density at radius 2 is 1.95 bits per heavy atom. The maximum Gasteiger partial charge on any atom is 0.310 e. The van der Waals surface area contributed by atoms with Crippen molar-refractivity contribution in [3.05, 3.63) is 0 Å². The van der Waals surface area contributed by atoms with Crippen LogP contribution in [0.3, 0.4) is 0 Å². The molecule has 2 saturated carbocycles. The van der Waals surface area contributed by atoms with Crippen LogP contribution < -0.4 is 0 Å². The van der Waals surface area contributed by atoms with Crippen molar-refractivity contribution in [3.8, 4) is 0 Å². The zero-order valence-electron chi connectivity index (χ0n) is 12.4. The first kappa shape index (κ1) is 15.2. The molecule has 2 aliphatic carbocycles. The number of carbonyl (C=O) groups is 1. The predicted octanol–water partition coefficient (Wildman–Crippen LogP) is 0.911. The van der Waals surface area contributed by atoms with Gasteiger partial charge in [0.2, 0.25) is 10.0 Å². The minimum atomic E-state index is -3.47. The van der Waals surface area contributed by atoms with Crippen LogP contribution in [-0.4, -0.2) is 56.3 Å². The summed E-state index contributed by atoms with van der Waals surface area (Å²) in [7, 11) is -2.14. The number of fused-ring (bicyclic) bond motifs is 1. The summed E-state index contributed by atoms with van der Waals surface area (Å²) in [5.41, 5.74) is 0. The highest BCUT2D eigenvalue weighted by Gasteiger charge is 2.49. The summed E-state index contributed by atoms with van der Waals surface area (Å²) in [5.74, 6) is -0.903. The van der Waals surface area contributed by atoms with Crippen LogP contribution in [-0.2, 0) is 24.3 Å². The molecule has 0 bridgehead atoms. The lowest BCUT2D eigenvalue weighted by Gasteiger charge is -2.38. The normalized spacial score (nSPS) is 37.4. The van der Waals surface area contributed by atoms with Crippen LogP contribution >= 0.6 is 0 Å². The summed E-state index contributed by atoms with van der Waals surface area (Å²) in [5, 5.41) is -0.621. The molecule has 1 aliphatic heterocycles. The van der Waals surface area contributed by atoms with E-state index in [4.69, 9.17) is 9.47 Å². The van der Waals surface area contributed by atoms with E-state index >= 15 is 0 Å². The third-order valence-corrected chi connectivity index (χ3v) is 7.53. The van der Waals surface area contributed by atoms with E-state index in [1.54, 1.807) is 4.31 Å². The van der Waals surface area contributed by atoms with Gasteiger partial charge in [-0.3, -0.25) is 4.79 Å². The van der Waals surface area contributed by atoms with E-state index in [1.165, 1.54) is 7.11 Å². The summed E-state index contributed by atoms with van der Waals surface area (Å²) in [4.78, 5) is 11.9. The fourth-order valence-electron chi connectivity index (χ4n) is 4.08. The lowest BCUT2D eigenvalue weighted by atomic mass is 10.1. The summed E-state index contributed by atoms with van der Waals surface area (Å²) in [6.07, 6.45) is 4.76. The Bertz CT molecular complexity index is 505. The first-order valence-electron chi connectivity index (χ1n) is 7.76. The van der Waals surface area contributed by atoms with Gasteiger partial charge in [0.1, 0.15) is 0 Å². The first-order valence-corrected chi connectivity index (χ1v) is 9.26. The highest BCUT2D eigenvalue weighted by atomic mass is 32.2. The number of ether oxygens (including phenoxy) is 2. The number of rotatable bonds is 3. The molecule has 0 N–H and O–H groups in total. The van der Waals surface area contributed by atoms with Gasteiger partial charge in [0.15, 0.2) is 0 Å². The van der Waals surface area contributed by atoms with Crippen molar-refractivity contribution in [1.29, 1.82) is 0 Å². The van der Waals surface area contributed by atoms with Crippen LogP contribution in [0.15, 0.2) is 0 Å². The van der Waals surface area contributed by atoms with E-state index < -0.39 is 27.2 Å². The van der Waals surface area contributed by atoms with Gasteiger partial charge >= 0.3 is 5.97 Å². The van der Waals surface area contributed by atoms with Gasteiger partial charge in [-0.1, -0.05) is 6.42 Å².